The lowest BCUT2D eigenvalue weighted by Crippen LogP contribution is -1.95. The van der Waals surface area contributed by atoms with Gasteiger partial charge in [0.05, 0.1) is 10.7 Å². The van der Waals surface area contributed by atoms with Crippen LogP contribution in [0.4, 0.5) is 5.69 Å². The zero-order valence-corrected chi connectivity index (χ0v) is 11.9. The molecule has 0 radical (unpaired) electrons. The van der Waals surface area contributed by atoms with Gasteiger partial charge < -0.3 is 11.5 Å². The maximum atomic E-state index is 6.07. The first-order valence-corrected chi connectivity index (χ1v) is 5.66. The quantitative estimate of drug-likeness (QED) is 0.836. The molecule has 0 unspecified atom stereocenters. The maximum Gasteiger partial charge on any atom is 0.125 e. The fourth-order valence-corrected chi connectivity index (χ4v) is 2.44. The van der Waals surface area contributed by atoms with Gasteiger partial charge in [-0.15, -0.1) is 36.2 Å². The highest BCUT2D eigenvalue weighted by Gasteiger charge is 2.07. The number of thiazole rings is 1. The average Bonchev–Trinajstić information content (AvgIpc) is 2.66. The Bertz CT molecular complexity index is 487. The van der Waals surface area contributed by atoms with Crippen molar-refractivity contribution in [3.63, 3.8) is 0 Å². The predicted molar refractivity (Wildman–Crippen MR) is 79.4 cm³/mol. The number of nitrogen functional groups attached to an aromatic ring is 1. The van der Waals surface area contributed by atoms with Crippen molar-refractivity contribution in [2.45, 2.75) is 6.54 Å². The van der Waals surface area contributed by atoms with E-state index < -0.39 is 0 Å². The summed E-state index contributed by atoms with van der Waals surface area (Å²) in [6.45, 7) is 0.448. The molecule has 94 valence electrons. The Morgan fingerprint density at radius 1 is 1.29 bits per heavy atom. The van der Waals surface area contributed by atoms with Crippen LogP contribution < -0.4 is 11.5 Å². The summed E-state index contributed by atoms with van der Waals surface area (Å²) >= 11 is 7.60. The second-order valence-corrected chi connectivity index (χ2v) is 4.35. The van der Waals surface area contributed by atoms with Crippen molar-refractivity contribution in [1.82, 2.24) is 4.98 Å². The zero-order valence-electron chi connectivity index (χ0n) is 8.72. The minimum atomic E-state index is 0. The van der Waals surface area contributed by atoms with Crippen LogP contribution in [0.5, 0.6) is 0 Å². The second kappa shape index (κ2) is 7.03. The number of rotatable bonds is 2. The topological polar surface area (TPSA) is 64.9 Å². The molecule has 1 heterocycles. The smallest absolute Gasteiger partial charge is 0.125 e. The Morgan fingerprint density at radius 3 is 2.53 bits per heavy atom. The lowest BCUT2D eigenvalue weighted by Gasteiger charge is -2.01. The number of nitrogens with zero attached hydrogens (tertiary/aromatic N) is 1. The molecule has 0 atom stereocenters. The molecule has 3 nitrogen and oxygen atoms in total. The summed E-state index contributed by atoms with van der Waals surface area (Å²) in [4.78, 5) is 4.36. The molecule has 0 aliphatic rings. The molecule has 0 saturated carbocycles. The Balaban J connectivity index is 0.00000128. The summed E-state index contributed by atoms with van der Waals surface area (Å²) in [6, 6.07) is 5.40. The van der Waals surface area contributed by atoms with Crippen LogP contribution >= 0.6 is 47.8 Å². The number of hydrogen-bond acceptors (Lipinski definition) is 4. The molecule has 0 aliphatic heterocycles. The molecule has 0 bridgehead atoms. The van der Waals surface area contributed by atoms with E-state index in [1.54, 1.807) is 6.07 Å². The van der Waals surface area contributed by atoms with Gasteiger partial charge in [-0.1, -0.05) is 11.6 Å². The molecule has 2 aromatic rings. The summed E-state index contributed by atoms with van der Waals surface area (Å²) in [5.74, 6) is 0. The zero-order chi connectivity index (χ0) is 10.8. The molecular formula is C10H12Cl3N3S. The molecule has 7 heteroatoms. The SMILES string of the molecule is Cl.Cl.NCc1csc(-c2ccc(N)cc2Cl)n1. The number of halogens is 3. The van der Waals surface area contributed by atoms with Crippen LogP contribution in [0, 0.1) is 0 Å². The molecule has 0 amide bonds. The van der Waals surface area contributed by atoms with Gasteiger partial charge in [0.15, 0.2) is 0 Å². The van der Waals surface area contributed by atoms with Crippen LogP contribution in [0.25, 0.3) is 10.6 Å². The first-order chi connectivity index (χ1) is 7.20. The fourth-order valence-electron chi connectivity index (χ4n) is 1.23. The third kappa shape index (κ3) is 3.72. The molecule has 0 aliphatic carbocycles. The standard InChI is InChI=1S/C10H10ClN3S.2ClH/c11-9-3-6(13)1-2-8(9)10-14-7(4-12)5-15-10;;/h1-3,5H,4,12-13H2;2*1H. The van der Waals surface area contributed by atoms with Gasteiger partial charge in [0.1, 0.15) is 5.01 Å². The van der Waals surface area contributed by atoms with Crippen molar-refractivity contribution in [2.24, 2.45) is 5.73 Å². The van der Waals surface area contributed by atoms with Gasteiger partial charge in [-0.3, -0.25) is 0 Å². The maximum absolute atomic E-state index is 6.07. The number of hydrogen-bond donors (Lipinski definition) is 2. The van der Waals surface area contributed by atoms with Crippen molar-refractivity contribution < 1.29 is 0 Å². The van der Waals surface area contributed by atoms with Crippen molar-refractivity contribution in [3.8, 4) is 10.6 Å². The Morgan fingerprint density at radius 2 is 2.00 bits per heavy atom. The van der Waals surface area contributed by atoms with Crippen LogP contribution in [-0.4, -0.2) is 4.98 Å². The highest BCUT2D eigenvalue weighted by Crippen LogP contribution is 2.31. The predicted octanol–water partition coefficient (Wildman–Crippen LogP) is 3.35. The Kier molecular flexibility index (Phi) is 6.82. The molecule has 0 fully saturated rings. The van der Waals surface area contributed by atoms with E-state index in [-0.39, 0.29) is 24.8 Å². The molecule has 1 aromatic heterocycles. The minimum absolute atomic E-state index is 0. The molecule has 17 heavy (non-hydrogen) atoms. The van der Waals surface area contributed by atoms with Crippen molar-refractivity contribution in [2.75, 3.05) is 5.73 Å². The van der Waals surface area contributed by atoms with Gasteiger partial charge >= 0.3 is 0 Å². The minimum Gasteiger partial charge on any atom is -0.399 e. The molecule has 2 rings (SSSR count). The first-order valence-electron chi connectivity index (χ1n) is 4.40. The number of benzene rings is 1. The van der Waals surface area contributed by atoms with Crippen molar-refractivity contribution >= 4 is 53.4 Å². The van der Waals surface area contributed by atoms with Crippen LogP contribution in [0.2, 0.25) is 5.02 Å². The van der Waals surface area contributed by atoms with Gasteiger partial charge in [0.2, 0.25) is 0 Å². The van der Waals surface area contributed by atoms with Gasteiger partial charge in [-0.05, 0) is 18.2 Å². The van der Waals surface area contributed by atoms with E-state index in [1.807, 2.05) is 17.5 Å². The summed E-state index contributed by atoms with van der Waals surface area (Å²) in [5, 5.41) is 3.43. The molecule has 0 spiro atoms. The Hall–Kier alpha value is -0.520. The fraction of sp³-hybridized carbons (Fsp3) is 0.100. The normalized spacial score (nSPS) is 9.29. The summed E-state index contributed by atoms with van der Waals surface area (Å²) < 4.78 is 0. The van der Waals surface area contributed by atoms with E-state index in [1.165, 1.54) is 11.3 Å². The van der Waals surface area contributed by atoms with Gasteiger partial charge in [-0.25, -0.2) is 4.98 Å². The average molecular weight is 313 g/mol. The summed E-state index contributed by atoms with van der Waals surface area (Å²) in [5.41, 5.74) is 13.5. The molecule has 4 N–H and O–H groups in total. The van der Waals surface area contributed by atoms with Crippen LogP contribution in [0.3, 0.4) is 0 Å². The van der Waals surface area contributed by atoms with E-state index in [2.05, 4.69) is 4.98 Å². The molecule has 0 saturated heterocycles. The van der Waals surface area contributed by atoms with Crippen LogP contribution in [0.15, 0.2) is 23.6 Å². The van der Waals surface area contributed by atoms with E-state index in [4.69, 9.17) is 23.1 Å². The van der Waals surface area contributed by atoms with Crippen molar-refractivity contribution in [1.29, 1.82) is 0 Å². The van der Waals surface area contributed by atoms with Crippen LogP contribution in [-0.2, 0) is 6.54 Å². The first kappa shape index (κ1) is 16.5. The number of nitrogens with two attached hydrogens (primary N) is 2. The largest absolute Gasteiger partial charge is 0.399 e. The number of aromatic nitrogens is 1. The third-order valence-electron chi connectivity index (χ3n) is 1.98. The molecular weight excluding hydrogens is 301 g/mol. The van der Waals surface area contributed by atoms with Crippen LogP contribution in [0.1, 0.15) is 5.69 Å². The van der Waals surface area contributed by atoms with Gasteiger partial charge in [0, 0.05) is 23.2 Å². The molecule has 1 aromatic carbocycles. The van der Waals surface area contributed by atoms with E-state index in [0.29, 0.717) is 17.3 Å². The number of anilines is 1. The highest BCUT2D eigenvalue weighted by molar-refractivity contribution is 7.13. The Labute approximate surface area is 121 Å². The summed E-state index contributed by atoms with van der Waals surface area (Å²) in [6.07, 6.45) is 0. The van der Waals surface area contributed by atoms with E-state index >= 15 is 0 Å². The lowest BCUT2D eigenvalue weighted by molar-refractivity contribution is 1.01. The van der Waals surface area contributed by atoms with Gasteiger partial charge in [0.25, 0.3) is 0 Å². The van der Waals surface area contributed by atoms with Gasteiger partial charge in [-0.2, -0.15) is 0 Å². The van der Waals surface area contributed by atoms with E-state index in [0.717, 1.165) is 16.3 Å². The lowest BCUT2D eigenvalue weighted by atomic mass is 10.2. The van der Waals surface area contributed by atoms with E-state index in [9.17, 15) is 0 Å². The third-order valence-corrected chi connectivity index (χ3v) is 3.22. The highest BCUT2D eigenvalue weighted by atomic mass is 35.5. The summed E-state index contributed by atoms with van der Waals surface area (Å²) in [7, 11) is 0. The second-order valence-electron chi connectivity index (χ2n) is 3.09. The monoisotopic (exact) mass is 311 g/mol. The van der Waals surface area contributed by atoms with Crippen molar-refractivity contribution in [3.05, 3.63) is 34.3 Å².